The van der Waals surface area contributed by atoms with Crippen molar-refractivity contribution < 1.29 is 86.8 Å². The first kappa shape index (κ1) is 67.0. The van der Waals surface area contributed by atoms with Crippen molar-refractivity contribution in [3.05, 3.63) is 12.2 Å². The molecule has 0 aromatic heterocycles. The van der Waals surface area contributed by atoms with Gasteiger partial charge in [0, 0.05) is 5.57 Å². The first-order valence-corrected chi connectivity index (χ1v) is 21.7. The number of carboxylic acid groups (broad SMARTS) is 2. The van der Waals surface area contributed by atoms with Gasteiger partial charge in [-0.3, -0.25) is 33.6 Å². The Labute approximate surface area is 387 Å². The smallest absolute Gasteiger partial charge is 0.333 e. The number of methoxy groups -OCH3 is 3. The number of esters is 6. The zero-order valence-electron chi connectivity index (χ0n) is 42.7. The fraction of sp³-hybridized carbons (Fsp3) is 0.787. The second-order valence-electron chi connectivity index (χ2n) is 18.5. The summed E-state index contributed by atoms with van der Waals surface area (Å²) in [4.78, 5) is 88.7. The van der Waals surface area contributed by atoms with Gasteiger partial charge < -0.3 is 48.5 Å². The van der Waals surface area contributed by atoms with Crippen LogP contribution in [0.5, 0.6) is 0 Å². The fourth-order valence-electron chi connectivity index (χ4n) is 4.41. The van der Waals surface area contributed by atoms with E-state index in [1.807, 2.05) is 48.5 Å². The number of aliphatic hydroxyl groups is 1. The monoisotopic (exact) mass is 937 g/mol. The fourth-order valence-corrected chi connectivity index (χ4v) is 4.41. The predicted octanol–water partition coefficient (Wildman–Crippen LogP) is 7.14. The van der Waals surface area contributed by atoms with E-state index in [9.17, 15) is 43.5 Å². The van der Waals surface area contributed by atoms with Gasteiger partial charge in [-0.15, -0.1) is 0 Å². The standard InChI is InChI=1S/C13H22O5.C12H20O5.C9H16O4.C7H14O2.C6H12O2/c1-6-13(4,5)12(16)18-8-10(14)7-17-11(15)9(2)3;1-5-12(10(14)16-4)6-11(2,7-17-8-12)9(13)15-3;1-4-9(2,3)8(12)13-6-5-7(10)11;1-5-7(2,3)6(8)9-4;1-4-6(2,3)5(7)8/h10,14H,2,6-8H2,1,3-5H3;5-8H2,1-4H3;4-6H2,1-3H3,(H,10,11);5H2,1-4H3;4H2,1-3H3,(H,7,8). The summed E-state index contributed by atoms with van der Waals surface area (Å²) in [6, 6.07) is 0. The molecule has 1 saturated heterocycles. The Morgan fingerprint density at radius 3 is 1.37 bits per heavy atom. The van der Waals surface area contributed by atoms with E-state index in [1.54, 1.807) is 48.5 Å². The number of aliphatic hydroxyl groups excluding tert-OH is 1. The number of aliphatic carboxylic acids is 2. The molecule has 3 unspecified atom stereocenters. The predicted molar refractivity (Wildman–Crippen MR) is 242 cm³/mol. The molecular formula is C47H84O18. The summed E-state index contributed by atoms with van der Waals surface area (Å²) in [7, 11) is 4.11. The molecule has 0 aromatic carbocycles. The Morgan fingerprint density at radius 2 is 1.05 bits per heavy atom. The maximum Gasteiger partial charge on any atom is 0.333 e. The summed E-state index contributed by atoms with van der Waals surface area (Å²) < 4.78 is 34.1. The quantitative estimate of drug-likeness (QED) is 0.0660. The second-order valence-corrected chi connectivity index (χ2v) is 18.5. The lowest BCUT2D eigenvalue weighted by atomic mass is 9.69. The molecule has 0 aromatic rings. The summed E-state index contributed by atoms with van der Waals surface area (Å²) in [6.07, 6.45) is 2.64. The summed E-state index contributed by atoms with van der Waals surface area (Å²) >= 11 is 0. The van der Waals surface area contributed by atoms with Crippen LogP contribution in [0.4, 0.5) is 0 Å². The average Bonchev–Trinajstić information content (AvgIpc) is 3.26. The van der Waals surface area contributed by atoms with Crippen LogP contribution in [0.25, 0.3) is 0 Å². The number of hydrogen-bond acceptors (Lipinski definition) is 16. The lowest BCUT2D eigenvalue weighted by Crippen LogP contribution is -2.50. The number of carbonyl (C=O) groups excluding carboxylic acids is 6. The van der Waals surface area contributed by atoms with Crippen LogP contribution in [0.15, 0.2) is 12.2 Å². The summed E-state index contributed by atoms with van der Waals surface area (Å²) in [5, 5.41) is 26.2. The molecule has 0 radical (unpaired) electrons. The number of carbonyl (C=O) groups is 8. The van der Waals surface area contributed by atoms with E-state index in [0.717, 1.165) is 6.42 Å². The van der Waals surface area contributed by atoms with E-state index < -0.39 is 51.1 Å². The minimum atomic E-state index is -1.02. The van der Waals surface area contributed by atoms with Gasteiger partial charge in [0.15, 0.2) is 0 Å². The Balaban J connectivity index is -0.000000370. The van der Waals surface area contributed by atoms with E-state index in [2.05, 4.69) is 11.3 Å². The van der Waals surface area contributed by atoms with E-state index in [4.69, 9.17) is 38.6 Å². The second kappa shape index (κ2) is 31.4. The minimum Gasteiger partial charge on any atom is -0.481 e. The van der Waals surface area contributed by atoms with Gasteiger partial charge in [0.05, 0.1) is 73.5 Å². The summed E-state index contributed by atoms with van der Waals surface area (Å²) in [5.41, 5.74) is -3.21. The Morgan fingerprint density at radius 1 is 0.631 bits per heavy atom. The molecule has 1 heterocycles. The van der Waals surface area contributed by atoms with Crippen LogP contribution in [0, 0.1) is 32.5 Å². The van der Waals surface area contributed by atoms with Crippen molar-refractivity contribution >= 4 is 47.8 Å². The SMILES string of the molecule is C=C(C)C(=O)OCC(O)COC(=O)C(C)(C)CC.CCC(C)(C)C(=O)O.CCC(C)(C)C(=O)OC.CCC(C)(C)C(=O)OCCC(=O)O.CCC1(C(=O)OC)COCC(C)(C(=O)OC)C1. The first-order valence-electron chi connectivity index (χ1n) is 21.7. The zero-order chi connectivity index (χ0) is 52.2. The third-order valence-corrected chi connectivity index (χ3v) is 11.2. The van der Waals surface area contributed by atoms with E-state index >= 15 is 0 Å². The van der Waals surface area contributed by atoms with Crippen LogP contribution in [-0.2, 0) is 71.5 Å². The van der Waals surface area contributed by atoms with E-state index in [1.165, 1.54) is 28.3 Å². The van der Waals surface area contributed by atoms with Gasteiger partial charge in [0.2, 0.25) is 0 Å². The van der Waals surface area contributed by atoms with Crippen molar-refractivity contribution in [2.45, 2.75) is 155 Å². The molecule has 0 amide bonds. The molecule has 1 fully saturated rings. The number of carboxylic acids is 2. The van der Waals surface area contributed by atoms with E-state index in [0.29, 0.717) is 38.7 Å². The maximum atomic E-state index is 11.9. The van der Waals surface area contributed by atoms with Crippen LogP contribution in [0.1, 0.15) is 149 Å². The Hall–Kier alpha value is -4.58. The first-order chi connectivity index (χ1) is 29.6. The Bertz CT molecular complexity index is 1530. The minimum absolute atomic E-state index is 0.0441. The Kier molecular flexibility index (Phi) is 32.3. The number of rotatable bonds is 19. The van der Waals surface area contributed by atoms with Gasteiger partial charge in [-0.05, 0) is 108 Å². The van der Waals surface area contributed by atoms with Gasteiger partial charge in [-0.2, -0.15) is 0 Å². The van der Waals surface area contributed by atoms with Crippen molar-refractivity contribution in [1.29, 1.82) is 0 Å². The molecule has 1 rings (SSSR count). The van der Waals surface area contributed by atoms with Gasteiger partial charge in [0.1, 0.15) is 25.9 Å². The molecular weight excluding hydrogens is 852 g/mol. The van der Waals surface area contributed by atoms with Crippen molar-refractivity contribution in [3.8, 4) is 0 Å². The number of hydrogen-bond donors (Lipinski definition) is 3. The largest absolute Gasteiger partial charge is 0.481 e. The maximum absolute atomic E-state index is 11.9. The topological polar surface area (TPSA) is 262 Å². The molecule has 1 aliphatic rings. The molecule has 380 valence electrons. The van der Waals surface area contributed by atoms with Gasteiger partial charge in [0.25, 0.3) is 0 Å². The van der Waals surface area contributed by atoms with Gasteiger partial charge in [-0.1, -0.05) is 41.2 Å². The molecule has 0 bridgehead atoms. The molecule has 18 heteroatoms. The molecule has 3 atom stereocenters. The lowest BCUT2D eigenvalue weighted by Gasteiger charge is -2.42. The highest BCUT2D eigenvalue weighted by molar-refractivity contribution is 5.87. The normalized spacial score (nSPS) is 17.3. The molecule has 65 heavy (non-hydrogen) atoms. The van der Waals surface area contributed by atoms with E-state index in [-0.39, 0.29) is 73.7 Å². The lowest BCUT2D eigenvalue weighted by molar-refractivity contribution is -0.181. The van der Waals surface area contributed by atoms with Crippen LogP contribution in [-0.4, -0.2) is 124 Å². The molecule has 3 N–H and O–H groups in total. The molecule has 0 saturated carbocycles. The summed E-state index contributed by atoms with van der Waals surface area (Å²) in [5.74, 6) is -3.78. The van der Waals surface area contributed by atoms with Crippen LogP contribution in [0.3, 0.4) is 0 Å². The average molecular weight is 937 g/mol. The molecule has 0 spiro atoms. The van der Waals surface area contributed by atoms with Crippen molar-refractivity contribution in [2.75, 3.05) is 54.4 Å². The molecule has 1 aliphatic heterocycles. The van der Waals surface area contributed by atoms with Gasteiger partial charge in [-0.25, -0.2) is 4.79 Å². The third kappa shape index (κ3) is 26.2. The summed E-state index contributed by atoms with van der Waals surface area (Å²) in [6.45, 7) is 30.6. The van der Waals surface area contributed by atoms with Crippen molar-refractivity contribution in [3.63, 3.8) is 0 Å². The molecule has 0 aliphatic carbocycles. The van der Waals surface area contributed by atoms with Gasteiger partial charge >= 0.3 is 47.8 Å². The highest BCUT2D eigenvalue weighted by atomic mass is 16.6. The highest BCUT2D eigenvalue weighted by Crippen LogP contribution is 2.43. The van der Waals surface area contributed by atoms with Crippen LogP contribution in [0.2, 0.25) is 0 Å². The highest BCUT2D eigenvalue weighted by Gasteiger charge is 2.51. The van der Waals surface area contributed by atoms with Crippen molar-refractivity contribution in [2.24, 2.45) is 32.5 Å². The third-order valence-electron chi connectivity index (χ3n) is 11.2. The molecule has 18 nitrogen and oxygen atoms in total. The van der Waals surface area contributed by atoms with Crippen LogP contribution < -0.4 is 0 Å². The van der Waals surface area contributed by atoms with Crippen molar-refractivity contribution in [1.82, 2.24) is 0 Å². The number of ether oxygens (including phenoxy) is 7. The zero-order valence-corrected chi connectivity index (χ0v) is 42.7. The van der Waals surface area contributed by atoms with Crippen LogP contribution >= 0.6 is 0 Å².